The molecule has 1 aliphatic heterocycles. The van der Waals surface area contributed by atoms with Crippen LogP contribution in [0, 0.1) is 23.7 Å². The smallest absolute Gasteiger partial charge is 0.275 e. The number of rotatable bonds is 8. The Labute approximate surface area is 278 Å². The van der Waals surface area contributed by atoms with Gasteiger partial charge in [0.15, 0.2) is 5.82 Å². The number of hydrogen-bond acceptors (Lipinski definition) is 6. The molecule has 0 saturated heterocycles. The Morgan fingerprint density at radius 1 is 1.09 bits per heavy atom. The van der Waals surface area contributed by atoms with E-state index in [1.807, 2.05) is 56.3 Å². The van der Waals surface area contributed by atoms with E-state index in [-0.39, 0.29) is 28.7 Å². The maximum Gasteiger partial charge on any atom is 0.275 e. The van der Waals surface area contributed by atoms with Gasteiger partial charge in [0.2, 0.25) is 0 Å². The molecule has 2 amide bonds. The van der Waals surface area contributed by atoms with Crippen molar-refractivity contribution < 1.29 is 9.59 Å². The monoisotopic (exact) mass is 645 g/mol. The van der Waals surface area contributed by atoms with Crippen molar-refractivity contribution in [1.82, 2.24) is 30.8 Å². The van der Waals surface area contributed by atoms with Crippen LogP contribution >= 0.6 is 11.6 Å². The first-order valence-electron chi connectivity index (χ1n) is 16.4. The number of hydrogen-bond donors (Lipinski definition) is 2. The number of aliphatic imine (C=N–C) groups is 1. The SMILES string of the molecule is Cc1cc(Cl)cc(C2=NC3(CCC(C(C)(C)C)CC3)N(C(CCC(C)(C)C)c3ccc(C(=O)NC(C)c4nn[nH]n4)cc3)C2=O)c1. The van der Waals surface area contributed by atoms with Crippen LogP contribution in [0.25, 0.3) is 0 Å². The summed E-state index contributed by atoms with van der Waals surface area (Å²) in [7, 11) is 0. The summed E-state index contributed by atoms with van der Waals surface area (Å²) in [5.41, 5.74) is 3.40. The van der Waals surface area contributed by atoms with E-state index >= 15 is 0 Å². The summed E-state index contributed by atoms with van der Waals surface area (Å²) in [6.45, 7) is 17.4. The topological polar surface area (TPSA) is 116 Å². The van der Waals surface area contributed by atoms with Crippen molar-refractivity contribution in [2.45, 2.75) is 112 Å². The number of carbonyl (C=O) groups excluding carboxylic acids is 2. The highest BCUT2D eigenvalue weighted by molar-refractivity contribution is 6.47. The van der Waals surface area contributed by atoms with Crippen LogP contribution in [0.15, 0.2) is 47.5 Å². The van der Waals surface area contributed by atoms with Crippen LogP contribution < -0.4 is 5.32 Å². The zero-order valence-electron chi connectivity index (χ0n) is 28.4. The zero-order valence-corrected chi connectivity index (χ0v) is 29.2. The molecule has 2 atom stereocenters. The summed E-state index contributed by atoms with van der Waals surface area (Å²) in [6, 6.07) is 12.8. The van der Waals surface area contributed by atoms with Crippen molar-refractivity contribution in [3.8, 4) is 0 Å². The third-order valence-corrected chi connectivity index (χ3v) is 9.87. The second kappa shape index (κ2) is 12.9. The van der Waals surface area contributed by atoms with Crippen molar-refractivity contribution in [1.29, 1.82) is 0 Å². The lowest BCUT2D eigenvalue weighted by Crippen LogP contribution is -2.51. The minimum absolute atomic E-state index is 0.0504. The lowest BCUT2D eigenvalue weighted by atomic mass is 9.69. The number of aromatic amines is 1. The van der Waals surface area contributed by atoms with Gasteiger partial charge in [-0.3, -0.25) is 14.6 Å². The van der Waals surface area contributed by atoms with Crippen molar-refractivity contribution >= 4 is 29.1 Å². The first kappa shape index (κ1) is 33.8. The zero-order chi connectivity index (χ0) is 33.4. The fourth-order valence-electron chi connectivity index (χ4n) is 6.97. The Morgan fingerprint density at radius 3 is 2.33 bits per heavy atom. The van der Waals surface area contributed by atoms with Gasteiger partial charge in [0, 0.05) is 16.1 Å². The Bertz CT molecular complexity index is 1560. The van der Waals surface area contributed by atoms with Gasteiger partial charge in [-0.15, -0.1) is 10.2 Å². The highest BCUT2D eigenvalue weighted by Gasteiger charge is 2.52. The number of aryl methyl sites for hydroxylation is 1. The predicted molar refractivity (Wildman–Crippen MR) is 182 cm³/mol. The minimum Gasteiger partial charge on any atom is -0.342 e. The van der Waals surface area contributed by atoms with Crippen LogP contribution in [0.4, 0.5) is 0 Å². The largest absolute Gasteiger partial charge is 0.342 e. The van der Waals surface area contributed by atoms with E-state index < -0.39 is 11.7 Å². The van der Waals surface area contributed by atoms with Crippen LogP contribution in [0.3, 0.4) is 0 Å². The van der Waals surface area contributed by atoms with Gasteiger partial charge in [-0.2, -0.15) is 5.21 Å². The summed E-state index contributed by atoms with van der Waals surface area (Å²) in [5.74, 6) is 0.692. The Balaban J connectivity index is 1.51. The Kier molecular flexibility index (Phi) is 9.47. The average molecular weight is 646 g/mol. The average Bonchev–Trinajstić information content (AvgIpc) is 3.60. The quantitative estimate of drug-likeness (QED) is 0.259. The number of halogens is 1. The molecule has 2 aliphatic rings. The highest BCUT2D eigenvalue weighted by Crippen LogP contribution is 2.50. The van der Waals surface area contributed by atoms with E-state index in [2.05, 4.69) is 72.4 Å². The summed E-state index contributed by atoms with van der Waals surface area (Å²) in [4.78, 5) is 35.3. The third-order valence-electron chi connectivity index (χ3n) is 9.65. The molecule has 2 heterocycles. The maximum atomic E-state index is 14.7. The second-order valence-electron chi connectivity index (χ2n) is 15.5. The number of carbonyl (C=O) groups is 2. The molecule has 2 unspecified atom stereocenters. The number of nitrogens with zero attached hydrogens (tertiary/aromatic N) is 5. The molecule has 5 rings (SSSR count). The predicted octanol–water partition coefficient (Wildman–Crippen LogP) is 7.78. The Hall–Kier alpha value is -3.59. The van der Waals surface area contributed by atoms with Crippen molar-refractivity contribution in [2.75, 3.05) is 0 Å². The minimum atomic E-state index is -0.636. The van der Waals surface area contributed by atoms with Gasteiger partial charge in [-0.25, -0.2) is 0 Å². The molecule has 2 N–H and O–H groups in total. The number of benzene rings is 2. The summed E-state index contributed by atoms with van der Waals surface area (Å²) in [5, 5.41) is 17.5. The molecule has 1 aromatic heterocycles. The van der Waals surface area contributed by atoms with Gasteiger partial charge < -0.3 is 10.2 Å². The molecule has 0 bridgehead atoms. The molecule has 9 nitrogen and oxygen atoms in total. The lowest BCUT2D eigenvalue weighted by molar-refractivity contribution is -0.134. The first-order chi connectivity index (χ1) is 21.6. The van der Waals surface area contributed by atoms with E-state index in [1.165, 1.54) is 0 Å². The fourth-order valence-corrected chi connectivity index (χ4v) is 7.26. The molecule has 2 aromatic carbocycles. The molecular weight excluding hydrogens is 598 g/mol. The van der Waals surface area contributed by atoms with Gasteiger partial charge >= 0.3 is 0 Å². The number of tetrazole rings is 1. The summed E-state index contributed by atoms with van der Waals surface area (Å²) in [6.07, 6.45) is 5.31. The van der Waals surface area contributed by atoms with E-state index in [0.717, 1.165) is 55.2 Å². The maximum absolute atomic E-state index is 14.7. The van der Waals surface area contributed by atoms with Crippen LogP contribution in [0.2, 0.25) is 5.02 Å². The van der Waals surface area contributed by atoms with Crippen molar-refractivity contribution in [2.24, 2.45) is 21.7 Å². The number of aromatic nitrogens is 4. The van der Waals surface area contributed by atoms with Gasteiger partial charge in [-0.1, -0.05) is 70.5 Å². The lowest BCUT2D eigenvalue weighted by Gasteiger charge is -2.47. The third kappa shape index (κ3) is 7.35. The first-order valence-corrected chi connectivity index (χ1v) is 16.8. The van der Waals surface area contributed by atoms with Crippen LogP contribution in [-0.4, -0.2) is 48.7 Å². The molecule has 1 spiro atoms. The highest BCUT2D eigenvalue weighted by atomic mass is 35.5. The van der Waals surface area contributed by atoms with Crippen LogP contribution in [0.5, 0.6) is 0 Å². The summed E-state index contributed by atoms with van der Waals surface area (Å²) < 4.78 is 0. The van der Waals surface area contributed by atoms with Gasteiger partial charge in [-0.05, 0) is 111 Å². The molecular formula is C36H48ClN7O2. The van der Waals surface area contributed by atoms with E-state index in [9.17, 15) is 9.59 Å². The Morgan fingerprint density at radius 2 is 1.76 bits per heavy atom. The van der Waals surface area contributed by atoms with Crippen LogP contribution in [0.1, 0.15) is 132 Å². The molecule has 1 fully saturated rings. The van der Waals surface area contributed by atoms with Gasteiger partial charge in [0.1, 0.15) is 11.4 Å². The number of H-pyrrole nitrogens is 1. The molecule has 10 heteroatoms. The molecule has 1 saturated carbocycles. The van der Waals surface area contributed by atoms with E-state index in [4.69, 9.17) is 16.6 Å². The van der Waals surface area contributed by atoms with Gasteiger partial charge in [0.05, 0.1) is 12.1 Å². The standard InChI is InChI=1S/C36H48ClN7O2/c1-22-19-26(21-28(37)20-22)30-33(46)44(36(39-30)17-13-27(14-18-36)35(6,7)8)29(15-16-34(3,4)5)24-9-11-25(12-10-24)32(45)38-23(2)31-40-42-43-41-31/h9-12,19-21,23,27,29H,13-18H2,1-8H3,(H,38,45)(H,40,41,42,43). The van der Waals surface area contributed by atoms with Crippen LogP contribution in [-0.2, 0) is 4.79 Å². The van der Waals surface area contributed by atoms with Crippen molar-refractivity contribution in [3.63, 3.8) is 0 Å². The van der Waals surface area contributed by atoms with E-state index in [0.29, 0.717) is 28.0 Å². The molecule has 0 radical (unpaired) electrons. The molecule has 46 heavy (non-hydrogen) atoms. The number of amides is 2. The number of nitrogens with one attached hydrogen (secondary N) is 2. The summed E-state index contributed by atoms with van der Waals surface area (Å²) >= 11 is 6.49. The molecule has 246 valence electrons. The van der Waals surface area contributed by atoms with Gasteiger partial charge in [0.25, 0.3) is 11.8 Å². The second-order valence-corrected chi connectivity index (χ2v) is 15.9. The van der Waals surface area contributed by atoms with E-state index in [1.54, 1.807) is 0 Å². The molecule has 1 aliphatic carbocycles. The molecule has 3 aromatic rings. The normalized spacial score (nSPS) is 21.8. The fraction of sp³-hybridized carbons (Fsp3) is 0.556. The van der Waals surface area contributed by atoms with Crippen molar-refractivity contribution in [3.05, 3.63) is 75.6 Å².